The Morgan fingerprint density at radius 1 is 1.08 bits per heavy atom. The monoisotopic (exact) mass is 349 g/mol. The molecule has 132 valence electrons. The Kier molecular flexibility index (Phi) is 4.52. The smallest absolute Gasteiger partial charge is 0.246 e. The maximum atomic E-state index is 12.9. The maximum absolute atomic E-state index is 12.9. The molecule has 0 unspecified atom stereocenters. The van der Waals surface area contributed by atoms with Gasteiger partial charge >= 0.3 is 0 Å². The number of amides is 1. The second-order valence-electron chi connectivity index (χ2n) is 6.58. The number of benzene rings is 2. The molecule has 26 heavy (non-hydrogen) atoms. The fourth-order valence-electron chi connectivity index (χ4n) is 3.48. The molecule has 3 aromatic rings. The summed E-state index contributed by atoms with van der Waals surface area (Å²) < 4.78 is 15.1. The molecule has 1 fully saturated rings. The molecule has 1 amide bonds. The van der Waals surface area contributed by atoms with E-state index in [0.717, 1.165) is 42.5 Å². The molecule has 0 aliphatic carbocycles. The first-order chi connectivity index (χ1) is 12.7. The van der Waals surface area contributed by atoms with Crippen LogP contribution in [0.4, 0.5) is 4.39 Å². The number of nitrogens with zero attached hydrogens (tertiary/aromatic N) is 3. The van der Waals surface area contributed by atoms with Crippen LogP contribution in [0.25, 0.3) is 17.1 Å². The largest absolute Gasteiger partial charge is 0.339 e. The first kappa shape index (κ1) is 16.5. The number of fused-ring (bicyclic) bond motifs is 1. The van der Waals surface area contributed by atoms with Crippen molar-refractivity contribution in [1.29, 1.82) is 0 Å². The summed E-state index contributed by atoms with van der Waals surface area (Å²) in [6.07, 6.45) is 7.03. The lowest BCUT2D eigenvalue weighted by Gasteiger charge is -2.32. The molecular weight excluding hydrogens is 329 g/mol. The molecular formula is C21H20FN3O. The summed E-state index contributed by atoms with van der Waals surface area (Å²) in [7, 11) is 0. The first-order valence-corrected chi connectivity index (χ1v) is 8.85. The lowest BCUT2D eigenvalue weighted by molar-refractivity contribution is -0.127. The van der Waals surface area contributed by atoms with E-state index in [-0.39, 0.29) is 11.7 Å². The van der Waals surface area contributed by atoms with Crippen molar-refractivity contribution in [3.8, 4) is 0 Å². The first-order valence-electron chi connectivity index (χ1n) is 8.85. The molecule has 0 bridgehead atoms. The van der Waals surface area contributed by atoms with Gasteiger partial charge in [0, 0.05) is 25.2 Å². The van der Waals surface area contributed by atoms with Gasteiger partial charge in [-0.3, -0.25) is 4.79 Å². The Hall–Kier alpha value is -2.95. The zero-order valence-electron chi connectivity index (χ0n) is 14.4. The highest BCUT2D eigenvalue weighted by Gasteiger charge is 2.23. The van der Waals surface area contributed by atoms with Gasteiger partial charge in [-0.05, 0) is 48.7 Å². The van der Waals surface area contributed by atoms with Crippen LogP contribution >= 0.6 is 0 Å². The van der Waals surface area contributed by atoms with Gasteiger partial charge in [0.25, 0.3) is 0 Å². The van der Waals surface area contributed by atoms with E-state index in [1.165, 1.54) is 12.1 Å². The van der Waals surface area contributed by atoms with Gasteiger partial charge < -0.3 is 9.47 Å². The lowest BCUT2D eigenvalue weighted by atomic mass is 10.0. The van der Waals surface area contributed by atoms with Gasteiger partial charge in [-0.15, -0.1) is 0 Å². The van der Waals surface area contributed by atoms with Gasteiger partial charge in [-0.1, -0.05) is 24.3 Å². The van der Waals surface area contributed by atoms with Crippen LogP contribution in [0, 0.1) is 5.82 Å². The maximum Gasteiger partial charge on any atom is 0.246 e. The molecule has 0 N–H and O–H groups in total. The van der Waals surface area contributed by atoms with Crippen LogP contribution in [0.1, 0.15) is 24.4 Å². The van der Waals surface area contributed by atoms with E-state index in [2.05, 4.69) is 15.6 Å². The van der Waals surface area contributed by atoms with Crippen molar-refractivity contribution in [1.82, 2.24) is 14.5 Å². The number of imidazole rings is 1. The van der Waals surface area contributed by atoms with Gasteiger partial charge in [0.05, 0.1) is 17.4 Å². The van der Waals surface area contributed by atoms with Crippen molar-refractivity contribution in [2.75, 3.05) is 13.1 Å². The number of carbonyl (C=O) groups excluding carboxylic acids is 1. The molecule has 1 aliphatic heterocycles. The van der Waals surface area contributed by atoms with Crippen LogP contribution in [-0.2, 0) is 4.79 Å². The topological polar surface area (TPSA) is 38.1 Å². The van der Waals surface area contributed by atoms with Crippen LogP contribution in [0.15, 0.2) is 60.9 Å². The van der Waals surface area contributed by atoms with Gasteiger partial charge in [0.2, 0.25) is 5.91 Å². The molecule has 2 aromatic carbocycles. The molecule has 0 saturated carbocycles. The van der Waals surface area contributed by atoms with Crippen LogP contribution in [-0.4, -0.2) is 33.4 Å². The number of hydrogen-bond donors (Lipinski definition) is 0. The van der Waals surface area contributed by atoms with Crippen molar-refractivity contribution in [3.63, 3.8) is 0 Å². The number of aromatic nitrogens is 2. The average molecular weight is 349 g/mol. The Morgan fingerprint density at radius 3 is 2.58 bits per heavy atom. The SMILES string of the molecule is O=C(/C=C/c1ccc(F)cc1)N1CCC(n2cnc3ccccc32)CC1. The number of rotatable bonds is 3. The highest BCUT2D eigenvalue weighted by atomic mass is 19.1. The predicted octanol–water partition coefficient (Wildman–Crippen LogP) is 4.05. The molecule has 4 rings (SSSR count). The van der Waals surface area contributed by atoms with E-state index in [9.17, 15) is 9.18 Å². The predicted molar refractivity (Wildman–Crippen MR) is 100 cm³/mol. The van der Waals surface area contributed by atoms with Gasteiger partial charge in [-0.25, -0.2) is 9.37 Å². The second-order valence-corrected chi connectivity index (χ2v) is 6.58. The van der Waals surface area contributed by atoms with Crippen molar-refractivity contribution in [2.45, 2.75) is 18.9 Å². The molecule has 1 aliphatic rings. The number of halogens is 1. The highest BCUT2D eigenvalue weighted by Crippen LogP contribution is 2.26. The van der Waals surface area contributed by atoms with Crippen molar-refractivity contribution in [2.24, 2.45) is 0 Å². The molecule has 0 atom stereocenters. The molecule has 4 nitrogen and oxygen atoms in total. The summed E-state index contributed by atoms with van der Waals surface area (Å²) in [6, 6.07) is 14.6. The molecule has 1 aromatic heterocycles. The van der Waals surface area contributed by atoms with Gasteiger partial charge in [-0.2, -0.15) is 0 Å². The minimum atomic E-state index is -0.275. The Bertz CT molecular complexity index is 937. The normalized spacial score (nSPS) is 15.8. The molecule has 1 saturated heterocycles. The summed E-state index contributed by atoms with van der Waals surface area (Å²) in [6.45, 7) is 1.45. The molecule has 0 radical (unpaired) electrons. The standard InChI is InChI=1S/C21H20FN3O/c22-17-8-5-16(6-9-17)7-10-21(26)24-13-11-18(12-14-24)25-15-23-19-3-1-2-4-20(19)25/h1-10,15,18H,11-14H2/b10-7+. The quantitative estimate of drug-likeness (QED) is 0.669. The third-order valence-electron chi connectivity index (χ3n) is 4.94. The van der Waals surface area contributed by atoms with E-state index in [1.807, 2.05) is 29.4 Å². The van der Waals surface area contributed by atoms with E-state index in [4.69, 9.17) is 0 Å². The minimum Gasteiger partial charge on any atom is -0.339 e. The highest BCUT2D eigenvalue weighted by molar-refractivity contribution is 5.91. The number of para-hydroxylation sites is 2. The Morgan fingerprint density at radius 2 is 1.81 bits per heavy atom. The zero-order valence-corrected chi connectivity index (χ0v) is 14.4. The van der Waals surface area contributed by atoms with Crippen LogP contribution < -0.4 is 0 Å². The minimum absolute atomic E-state index is 0.00302. The fraction of sp³-hybridized carbons (Fsp3) is 0.238. The number of hydrogen-bond acceptors (Lipinski definition) is 2. The van der Waals surface area contributed by atoms with E-state index in [1.54, 1.807) is 24.3 Å². The summed E-state index contributed by atoms with van der Waals surface area (Å²) in [5.74, 6) is -0.272. The lowest BCUT2D eigenvalue weighted by Crippen LogP contribution is -2.38. The zero-order chi connectivity index (χ0) is 17.9. The second kappa shape index (κ2) is 7.12. The van der Waals surface area contributed by atoms with E-state index in [0.29, 0.717) is 6.04 Å². The Labute approximate surface area is 151 Å². The summed E-state index contributed by atoms with van der Waals surface area (Å²) >= 11 is 0. The molecule has 2 heterocycles. The average Bonchev–Trinajstić information content (AvgIpc) is 3.11. The number of piperidine rings is 1. The van der Waals surface area contributed by atoms with Crippen molar-refractivity contribution in [3.05, 3.63) is 72.3 Å². The van der Waals surface area contributed by atoms with Gasteiger partial charge in [0.1, 0.15) is 5.82 Å². The van der Waals surface area contributed by atoms with Crippen LogP contribution in [0.3, 0.4) is 0 Å². The van der Waals surface area contributed by atoms with Gasteiger partial charge in [0.15, 0.2) is 0 Å². The summed E-state index contributed by atoms with van der Waals surface area (Å²) in [4.78, 5) is 18.7. The molecule has 0 spiro atoms. The number of likely N-dealkylation sites (tertiary alicyclic amines) is 1. The van der Waals surface area contributed by atoms with E-state index < -0.39 is 0 Å². The summed E-state index contributed by atoms with van der Waals surface area (Å²) in [5, 5.41) is 0. The summed E-state index contributed by atoms with van der Waals surface area (Å²) in [5.41, 5.74) is 2.97. The van der Waals surface area contributed by atoms with E-state index >= 15 is 0 Å². The number of carbonyl (C=O) groups is 1. The van der Waals surface area contributed by atoms with Crippen molar-refractivity contribution < 1.29 is 9.18 Å². The Balaban J connectivity index is 1.38. The third kappa shape index (κ3) is 3.38. The van der Waals surface area contributed by atoms with Crippen LogP contribution in [0.5, 0.6) is 0 Å². The van der Waals surface area contributed by atoms with Crippen molar-refractivity contribution >= 4 is 23.0 Å². The fourth-order valence-corrected chi connectivity index (χ4v) is 3.48. The molecule has 5 heteroatoms. The third-order valence-corrected chi connectivity index (χ3v) is 4.94. The van der Waals surface area contributed by atoms with Crippen LogP contribution in [0.2, 0.25) is 0 Å².